The fraction of sp³-hybridized carbons (Fsp3) is 0.533. The van der Waals surface area contributed by atoms with Gasteiger partial charge in [0.2, 0.25) is 0 Å². The lowest BCUT2D eigenvalue weighted by Crippen LogP contribution is -2.28. The molecule has 0 saturated heterocycles. The number of nitrogens with zero attached hydrogens (tertiary/aromatic N) is 3. The Morgan fingerprint density at radius 1 is 1.43 bits per heavy atom. The minimum atomic E-state index is -0.204. The van der Waals surface area contributed by atoms with Crippen molar-refractivity contribution in [1.82, 2.24) is 14.5 Å². The molecule has 1 heterocycles. The lowest BCUT2D eigenvalue weighted by Gasteiger charge is -2.21. The van der Waals surface area contributed by atoms with Crippen molar-refractivity contribution in [2.24, 2.45) is 0 Å². The summed E-state index contributed by atoms with van der Waals surface area (Å²) in [5.74, 6) is 0.942. The molecule has 0 aliphatic carbocycles. The number of alkyl halides is 1. The van der Waals surface area contributed by atoms with Gasteiger partial charge in [0.05, 0.1) is 20.5 Å². The Labute approximate surface area is 143 Å². The molecule has 0 fully saturated rings. The number of aryl methyl sites for hydroxylation is 1. The first-order chi connectivity index (χ1) is 9.93. The maximum absolute atomic E-state index is 13.8. The Balaban J connectivity index is 2.23. The van der Waals surface area contributed by atoms with Crippen molar-refractivity contribution in [1.29, 1.82) is 0 Å². The zero-order chi connectivity index (χ0) is 15.6. The highest BCUT2D eigenvalue weighted by atomic mass is 127. The molecule has 2 aromatic rings. The molecule has 6 heteroatoms. The van der Waals surface area contributed by atoms with Crippen LogP contribution in [0.1, 0.15) is 26.1 Å². The molecule has 0 saturated carbocycles. The van der Waals surface area contributed by atoms with E-state index >= 15 is 0 Å². The molecule has 116 valence electrons. The summed E-state index contributed by atoms with van der Waals surface area (Å²) in [5.41, 5.74) is 1.64. The maximum atomic E-state index is 13.8. The third-order valence-electron chi connectivity index (χ3n) is 3.76. The summed E-state index contributed by atoms with van der Waals surface area (Å²) in [4.78, 5) is 6.81. The van der Waals surface area contributed by atoms with Gasteiger partial charge in [-0.25, -0.2) is 9.37 Å². The van der Waals surface area contributed by atoms with Crippen LogP contribution in [0.5, 0.6) is 0 Å². The van der Waals surface area contributed by atoms with Crippen molar-refractivity contribution in [2.45, 2.75) is 38.7 Å². The van der Waals surface area contributed by atoms with E-state index in [1.165, 1.54) is 0 Å². The number of fused-ring (bicyclic) bond motifs is 1. The summed E-state index contributed by atoms with van der Waals surface area (Å²) in [7, 11) is 2.11. The Hall–Kier alpha value is -0.400. The Morgan fingerprint density at radius 2 is 2.14 bits per heavy atom. The number of halogens is 3. The molecule has 3 nitrogen and oxygen atoms in total. The quantitative estimate of drug-likeness (QED) is 0.512. The third kappa shape index (κ3) is 3.87. The van der Waals surface area contributed by atoms with E-state index in [0.717, 1.165) is 36.4 Å². The molecule has 0 spiro atoms. The van der Waals surface area contributed by atoms with Gasteiger partial charge in [-0.05, 0) is 62.5 Å². The van der Waals surface area contributed by atoms with E-state index in [1.54, 1.807) is 12.1 Å². The second-order valence-corrected chi connectivity index (χ2v) is 6.93. The predicted molar refractivity (Wildman–Crippen MR) is 94.3 cm³/mol. The lowest BCUT2D eigenvalue weighted by atomic mass is 10.3. The van der Waals surface area contributed by atoms with Gasteiger partial charge >= 0.3 is 0 Å². The normalized spacial score (nSPS) is 12.0. The van der Waals surface area contributed by atoms with Crippen LogP contribution in [-0.2, 0) is 12.4 Å². The topological polar surface area (TPSA) is 21.1 Å². The van der Waals surface area contributed by atoms with Crippen LogP contribution in [0.15, 0.2) is 12.1 Å². The summed E-state index contributed by atoms with van der Waals surface area (Å²) >= 11 is 7.97. The standard InChI is InChI=1S/C15H20ClFIN3/c1-10(2)20(3)5-4-6-21-14-7-11(17)12(18)8-13(14)19-15(21)9-16/h7-8,10H,4-6,9H2,1-3H3. The minimum Gasteiger partial charge on any atom is -0.327 e. The second-order valence-electron chi connectivity index (χ2n) is 5.50. The van der Waals surface area contributed by atoms with Gasteiger partial charge in [-0.2, -0.15) is 0 Å². The zero-order valence-corrected chi connectivity index (χ0v) is 15.4. The van der Waals surface area contributed by atoms with E-state index < -0.39 is 0 Å². The number of imidazole rings is 1. The largest absolute Gasteiger partial charge is 0.327 e. The van der Waals surface area contributed by atoms with E-state index in [4.69, 9.17) is 11.6 Å². The maximum Gasteiger partial charge on any atom is 0.138 e. The monoisotopic (exact) mass is 423 g/mol. The van der Waals surface area contributed by atoms with Crippen LogP contribution in [0.3, 0.4) is 0 Å². The van der Waals surface area contributed by atoms with Crippen molar-refractivity contribution in [3.63, 3.8) is 0 Å². The van der Waals surface area contributed by atoms with Gasteiger partial charge in [0.25, 0.3) is 0 Å². The summed E-state index contributed by atoms with van der Waals surface area (Å²) in [6, 6.07) is 3.86. The summed E-state index contributed by atoms with van der Waals surface area (Å²) in [6.45, 7) is 6.14. The van der Waals surface area contributed by atoms with Crippen LogP contribution < -0.4 is 0 Å². The highest BCUT2D eigenvalue weighted by Gasteiger charge is 2.13. The van der Waals surface area contributed by atoms with Crippen LogP contribution in [0.25, 0.3) is 11.0 Å². The zero-order valence-electron chi connectivity index (χ0n) is 12.5. The van der Waals surface area contributed by atoms with Gasteiger partial charge in [-0.3, -0.25) is 0 Å². The van der Waals surface area contributed by atoms with Gasteiger partial charge < -0.3 is 9.47 Å². The predicted octanol–water partition coefficient (Wildman–Crippen LogP) is 4.25. The Morgan fingerprint density at radius 3 is 2.76 bits per heavy atom. The molecule has 0 N–H and O–H groups in total. The minimum absolute atomic E-state index is 0.204. The van der Waals surface area contributed by atoms with E-state index in [1.807, 2.05) is 27.2 Å². The van der Waals surface area contributed by atoms with E-state index in [2.05, 4.69) is 30.8 Å². The van der Waals surface area contributed by atoms with Crippen molar-refractivity contribution in [2.75, 3.05) is 13.6 Å². The Kier molecular flexibility index (Phi) is 5.85. The number of hydrogen-bond acceptors (Lipinski definition) is 2. The number of hydrogen-bond donors (Lipinski definition) is 0. The molecular formula is C15H20ClFIN3. The van der Waals surface area contributed by atoms with Crippen molar-refractivity contribution in [3.8, 4) is 0 Å². The van der Waals surface area contributed by atoms with Crippen LogP contribution in [0, 0.1) is 9.39 Å². The van der Waals surface area contributed by atoms with Gasteiger partial charge in [0, 0.05) is 18.7 Å². The SMILES string of the molecule is CC(C)N(C)CCCn1c(CCl)nc2cc(I)c(F)cc21. The number of aromatic nitrogens is 2. The molecular weight excluding hydrogens is 404 g/mol. The first kappa shape index (κ1) is 17.0. The van der Waals surface area contributed by atoms with Gasteiger partial charge in [-0.15, -0.1) is 11.6 Å². The summed E-state index contributed by atoms with van der Waals surface area (Å²) < 4.78 is 16.4. The molecule has 21 heavy (non-hydrogen) atoms. The highest BCUT2D eigenvalue weighted by Crippen LogP contribution is 2.23. The fourth-order valence-electron chi connectivity index (χ4n) is 2.26. The molecule has 0 atom stereocenters. The van der Waals surface area contributed by atoms with E-state index in [-0.39, 0.29) is 5.82 Å². The second kappa shape index (κ2) is 7.24. The van der Waals surface area contributed by atoms with Crippen molar-refractivity contribution < 1.29 is 4.39 Å². The molecule has 0 amide bonds. The molecule has 0 unspecified atom stereocenters. The first-order valence-electron chi connectivity index (χ1n) is 7.04. The average molecular weight is 424 g/mol. The van der Waals surface area contributed by atoms with Crippen LogP contribution in [0.2, 0.25) is 0 Å². The molecule has 0 aliphatic rings. The molecule has 1 aromatic heterocycles. The smallest absolute Gasteiger partial charge is 0.138 e. The lowest BCUT2D eigenvalue weighted by molar-refractivity contribution is 0.265. The highest BCUT2D eigenvalue weighted by molar-refractivity contribution is 14.1. The van der Waals surface area contributed by atoms with Crippen LogP contribution in [-0.4, -0.2) is 34.1 Å². The molecule has 1 aromatic carbocycles. The molecule has 2 rings (SSSR count). The fourth-order valence-corrected chi connectivity index (χ4v) is 2.91. The van der Waals surface area contributed by atoms with E-state index in [9.17, 15) is 4.39 Å². The number of benzene rings is 1. The summed E-state index contributed by atoms with van der Waals surface area (Å²) in [5, 5.41) is 0. The van der Waals surface area contributed by atoms with Gasteiger partial charge in [0.1, 0.15) is 11.6 Å². The third-order valence-corrected chi connectivity index (χ3v) is 4.83. The van der Waals surface area contributed by atoms with Crippen molar-refractivity contribution >= 4 is 45.2 Å². The molecule has 0 aliphatic heterocycles. The van der Waals surface area contributed by atoms with Crippen LogP contribution in [0.4, 0.5) is 4.39 Å². The van der Waals surface area contributed by atoms with Crippen molar-refractivity contribution in [3.05, 3.63) is 27.3 Å². The molecule has 0 radical (unpaired) electrons. The Bertz CT molecular complexity index is 627. The first-order valence-corrected chi connectivity index (χ1v) is 8.65. The average Bonchev–Trinajstić information content (AvgIpc) is 2.76. The van der Waals surface area contributed by atoms with Crippen LogP contribution >= 0.6 is 34.2 Å². The summed E-state index contributed by atoms with van der Waals surface area (Å²) in [6.07, 6.45) is 0.984. The van der Waals surface area contributed by atoms with E-state index in [0.29, 0.717) is 15.5 Å². The van der Waals surface area contributed by atoms with Gasteiger partial charge in [-0.1, -0.05) is 0 Å². The molecule has 0 bridgehead atoms. The van der Waals surface area contributed by atoms with Gasteiger partial charge in [0.15, 0.2) is 0 Å². The number of rotatable bonds is 6.